The van der Waals surface area contributed by atoms with Crippen LogP contribution in [0.1, 0.15) is 53.4 Å². The summed E-state index contributed by atoms with van der Waals surface area (Å²) in [4.78, 5) is 0. The molecule has 3 atom stereocenters. The molecule has 2 heteroatoms. The molecular formula is C14H27NO. The highest BCUT2D eigenvalue weighted by molar-refractivity contribution is 5.00. The van der Waals surface area contributed by atoms with E-state index in [0.717, 1.165) is 13.1 Å². The number of hydrogen-bond acceptors (Lipinski definition) is 2. The molecule has 1 heterocycles. The molecule has 2 fully saturated rings. The summed E-state index contributed by atoms with van der Waals surface area (Å²) in [7, 11) is 0. The van der Waals surface area contributed by atoms with E-state index in [1.807, 2.05) is 0 Å². The Morgan fingerprint density at radius 2 is 2.00 bits per heavy atom. The fourth-order valence-electron chi connectivity index (χ4n) is 3.76. The number of hydrogen-bond donors (Lipinski definition) is 1. The van der Waals surface area contributed by atoms with E-state index < -0.39 is 0 Å². The Morgan fingerprint density at radius 1 is 1.25 bits per heavy atom. The van der Waals surface area contributed by atoms with Crippen LogP contribution in [-0.2, 0) is 4.74 Å². The molecule has 0 radical (unpaired) electrons. The quantitative estimate of drug-likeness (QED) is 0.684. The van der Waals surface area contributed by atoms with Crippen molar-refractivity contribution in [2.75, 3.05) is 13.1 Å². The van der Waals surface area contributed by atoms with E-state index in [1.54, 1.807) is 0 Å². The highest BCUT2D eigenvalue weighted by Crippen LogP contribution is 2.47. The zero-order chi connectivity index (χ0) is 11.8. The SMILES string of the molecule is CC1CNCC2(CCCCC2C(C)(C)C)O1. The van der Waals surface area contributed by atoms with Gasteiger partial charge in [0.15, 0.2) is 0 Å². The molecule has 3 unspecified atom stereocenters. The second-order valence-electron chi connectivity index (χ2n) is 6.79. The van der Waals surface area contributed by atoms with E-state index in [0.29, 0.717) is 17.4 Å². The van der Waals surface area contributed by atoms with Crippen LogP contribution < -0.4 is 5.32 Å². The summed E-state index contributed by atoms with van der Waals surface area (Å²) in [6.07, 6.45) is 5.66. The molecule has 0 amide bonds. The number of nitrogens with one attached hydrogen (secondary N) is 1. The van der Waals surface area contributed by atoms with E-state index in [2.05, 4.69) is 33.0 Å². The molecule has 2 aliphatic rings. The summed E-state index contributed by atoms with van der Waals surface area (Å²) >= 11 is 0. The van der Waals surface area contributed by atoms with Crippen molar-refractivity contribution in [1.82, 2.24) is 5.32 Å². The zero-order valence-electron chi connectivity index (χ0n) is 11.3. The van der Waals surface area contributed by atoms with Gasteiger partial charge in [0.05, 0.1) is 11.7 Å². The fraction of sp³-hybridized carbons (Fsp3) is 1.00. The molecule has 0 aromatic carbocycles. The van der Waals surface area contributed by atoms with Crippen molar-refractivity contribution in [3.05, 3.63) is 0 Å². The Hall–Kier alpha value is -0.0800. The van der Waals surface area contributed by atoms with Crippen LogP contribution in [-0.4, -0.2) is 24.8 Å². The highest BCUT2D eigenvalue weighted by Gasteiger charge is 2.48. The van der Waals surface area contributed by atoms with Gasteiger partial charge in [-0.2, -0.15) is 0 Å². The minimum Gasteiger partial charge on any atom is -0.369 e. The lowest BCUT2D eigenvalue weighted by molar-refractivity contribution is -0.179. The predicted molar refractivity (Wildman–Crippen MR) is 67.6 cm³/mol. The monoisotopic (exact) mass is 225 g/mol. The van der Waals surface area contributed by atoms with Crippen LogP contribution in [0.25, 0.3) is 0 Å². The van der Waals surface area contributed by atoms with Crippen LogP contribution in [0.2, 0.25) is 0 Å². The van der Waals surface area contributed by atoms with Gasteiger partial charge in [0.2, 0.25) is 0 Å². The van der Waals surface area contributed by atoms with Crippen LogP contribution in [0.4, 0.5) is 0 Å². The third kappa shape index (κ3) is 2.28. The average molecular weight is 225 g/mol. The van der Waals surface area contributed by atoms with E-state index in [4.69, 9.17) is 4.74 Å². The third-order valence-electron chi connectivity index (χ3n) is 4.32. The molecule has 0 aromatic heterocycles. The van der Waals surface area contributed by atoms with Gasteiger partial charge in [-0.3, -0.25) is 0 Å². The minimum absolute atomic E-state index is 0.119. The van der Waals surface area contributed by atoms with E-state index in [9.17, 15) is 0 Å². The van der Waals surface area contributed by atoms with Gasteiger partial charge in [-0.25, -0.2) is 0 Å². The maximum atomic E-state index is 6.39. The molecule has 1 saturated carbocycles. The lowest BCUT2D eigenvalue weighted by Crippen LogP contribution is -2.60. The standard InChI is InChI=1S/C14H27NO/c1-11-9-15-10-14(16-11)8-6-5-7-12(14)13(2,3)4/h11-12,15H,5-10H2,1-4H3. The highest BCUT2D eigenvalue weighted by atomic mass is 16.5. The second-order valence-corrected chi connectivity index (χ2v) is 6.79. The molecule has 1 spiro atoms. The molecular weight excluding hydrogens is 198 g/mol. The molecule has 1 saturated heterocycles. The van der Waals surface area contributed by atoms with Crippen LogP contribution in [0.15, 0.2) is 0 Å². The van der Waals surface area contributed by atoms with E-state index in [-0.39, 0.29) is 5.60 Å². The van der Waals surface area contributed by atoms with Crippen LogP contribution in [0.3, 0.4) is 0 Å². The number of ether oxygens (including phenoxy) is 1. The van der Waals surface area contributed by atoms with Gasteiger partial charge < -0.3 is 10.1 Å². The van der Waals surface area contributed by atoms with Crippen molar-refractivity contribution in [3.63, 3.8) is 0 Å². The van der Waals surface area contributed by atoms with Crippen LogP contribution in [0, 0.1) is 11.3 Å². The molecule has 2 nitrogen and oxygen atoms in total. The van der Waals surface area contributed by atoms with Gasteiger partial charge >= 0.3 is 0 Å². The largest absolute Gasteiger partial charge is 0.369 e. The Morgan fingerprint density at radius 3 is 2.62 bits per heavy atom. The smallest absolute Gasteiger partial charge is 0.0843 e. The molecule has 16 heavy (non-hydrogen) atoms. The molecule has 1 aliphatic heterocycles. The molecule has 0 aromatic rings. The fourth-order valence-corrected chi connectivity index (χ4v) is 3.76. The topological polar surface area (TPSA) is 21.3 Å². The zero-order valence-corrected chi connectivity index (χ0v) is 11.3. The van der Waals surface area contributed by atoms with Crippen molar-refractivity contribution in [2.45, 2.75) is 65.1 Å². The summed E-state index contributed by atoms with van der Waals surface area (Å²) < 4.78 is 6.39. The van der Waals surface area contributed by atoms with Crippen LogP contribution in [0.5, 0.6) is 0 Å². The van der Waals surface area contributed by atoms with Gasteiger partial charge in [-0.05, 0) is 31.1 Å². The Bertz CT molecular complexity index is 242. The first-order valence-corrected chi connectivity index (χ1v) is 6.83. The van der Waals surface area contributed by atoms with Gasteiger partial charge in [-0.1, -0.05) is 33.6 Å². The van der Waals surface area contributed by atoms with Gasteiger partial charge in [0.1, 0.15) is 0 Å². The third-order valence-corrected chi connectivity index (χ3v) is 4.32. The van der Waals surface area contributed by atoms with Crippen molar-refractivity contribution in [1.29, 1.82) is 0 Å². The Labute approximate surface area is 100 Å². The number of morpholine rings is 1. The predicted octanol–water partition coefficient (Wildman–Crippen LogP) is 2.97. The first-order chi connectivity index (χ1) is 7.44. The van der Waals surface area contributed by atoms with Crippen LogP contribution >= 0.6 is 0 Å². The average Bonchev–Trinajstić information content (AvgIpc) is 2.16. The lowest BCUT2D eigenvalue weighted by atomic mass is 9.63. The molecule has 0 bridgehead atoms. The van der Waals surface area contributed by atoms with E-state index in [1.165, 1.54) is 25.7 Å². The second kappa shape index (κ2) is 4.30. The molecule has 1 aliphatic carbocycles. The van der Waals surface area contributed by atoms with Gasteiger partial charge in [0.25, 0.3) is 0 Å². The maximum Gasteiger partial charge on any atom is 0.0843 e. The lowest BCUT2D eigenvalue weighted by Gasteiger charge is -2.53. The summed E-state index contributed by atoms with van der Waals surface area (Å²) in [5.74, 6) is 0.698. The number of rotatable bonds is 0. The first-order valence-electron chi connectivity index (χ1n) is 6.83. The summed E-state index contributed by atoms with van der Waals surface area (Å²) in [5, 5.41) is 3.57. The normalized spacial score (nSPS) is 41.2. The first kappa shape index (κ1) is 12.4. The van der Waals surface area contributed by atoms with Crippen molar-refractivity contribution < 1.29 is 4.74 Å². The Kier molecular flexibility index (Phi) is 3.33. The van der Waals surface area contributed by atoms with Crippen molar-refractivity contribution in [2.24, 2.45) is 11.3 Å². The summed E-state index contributed by atoms with van der Waals surface area (Å²) in [6, 6.07) is 0. The Balaban J connectivity index is 2.20. The maximum absolute atomic E-state index is 6.39. The van der Waals surface area contributed by atoms with E-state index >= 15 is 0 Å². The summed E-state index contributed by atoms with van der Waals surface area (Å²) in [5.41, 5.74) is 0.479. The van der Waals surface area contributed by atoms with Crippen molar-refractivity contribution in [3.8, 4) is 0 Å². The van der Waals surface area contributed by atoms with Crippen molar-refractivity contribution >= 4 is 0 Å². The summed E-state index contributed by atoms with van der Waals surface area (Å²) in [6.45, 7) is 11.4. The molecule has 1 N–H and O–H groups in total. The van der Waals surface area contributed by atoms with Gasteiger partial charge in [0, 0.05) is 13.1 Å². The molecule has 94 valence electrons. The minimum atomic E-state index is 0.119. The molecule has 2 rings (SSSR count). The van der Waals surface area contributed by atoms with Gasteiger partial charge in [-0.15, -0.1) is 0 Å².